The first kappa shape index (κ1) is 17.4. The zero-order valence-corrected chi connectivity index (χ0v) is 12.7. The number of fused-ring (bicyclic) bond motifs is 1. The van der Waals surface area contributed by atoms with E-state index < -0.39 is 61.1 Å². The van der Waals surface area contributed by atoms with Crippen LogP contribution in [0.3, 0.4) is 0 Å². The number of hydrogen-bond acceptors (Lipinski definition) is 10. The lowest BCUT2D eigenvalue weighted by molar-refractivity contribution is -0.507. The zero-order chi connectivity index (χ0) is 16.9. The van der Waals surface area contributed by atoms with Crippen molar-refractivity contribution in [1.82, 2.24) is 0 Å². The second kappa shape index (κ2) is 6.15. The van der Waals surface area contributed by atoms with Gasteiger partial charge in [-0.05, 0) is 6.92 Å². The van der Waals surface area contributed by atoms with Crippen molar-refractivity contribution < 1.29 is 49.2 Å². The summed E-state index contributed by atoms with van der Waals surface area (Å²) in [6.45, 7) is 1.34. The maximum atomic E-state index is 10.2. The van der Waals surface area contributed by atoms with E-state index in [2.05, 4.69) is 0 Å². The van der Waals surface area contributed by atoms with E-state index in [9.17, 15) is 25.5 Å². The molecule has 1 spiro atoms. The maximum Gasteiger partial charge on any atom is 0.314 e. The highest BCUT2D eigenvalue weighted by Gasteiger charge is 2.61. The second-order valence-electron chi connectivity index (χ2n) is 6.01. The highest BCUT2D eigenvalue weighted by atomic mass is 16.9. The Labute approximate surface area is 132 Å². The molecule has 0 saturated carbocycles. The average Bonchev–Trinajstić information content (AvgIpc) is 2.55. The molecule has 23 heavy (non-hydrogen) atoms. The van der Waals surface area contributed by atoms with Crippen LogP contribution in [0.1, 0.15) is 6.92 Å². The third-order valence-electron chi connectivity index (χ3n) is 4.49. The van der Waals surface area contributed by atoms with Crippen LogP contribution < -0.4 is 0 Å². The van der Waals surface area contributed by atoms with Crippen molar-refractivity contribution in [2.24, 2.45) is 0 Å². The Morgan fingerprint density at radius 1 is 0.957 bits per heavy atom. The van der Waals surface area contributed by atoms with E-state index in [1.165, 1.54) is 14.0 Å². The van der Waals surface area contributed by atoms with Crippen LogP contribution in [0.4, 0.5) is 0 Å². The molecule has 3 heterocycles. The molecule has 3 aliphatic heterocycles. The third-order valence-corrected chi connectivity index (χ3v) is 4.49. The van der Waals surface area contributed by atoms with Crippen LogP contribution >= 0.6 is 0 Å². The first-order valence-electron chi connectivity index (χ1n) is 7.39. The van der Waals surface area contributed by atoms with Crippen molar-refractivity contribution in [2.75, 3.05) is 13.7 Å². The Hall–Kier alpha value is -0.400. The summed E-state index contributed by atoms with van der Waals surface area (Å²) >= 11 is 0. The van der Waals surface area contributed by atoms with Crippen LogP contribution in [-0.2, 0) is 23.7 Å². The molecular formula is C13H22O10. The van der Waals surface area contributed by atoms with E-state index in [-0.39, 0.29) is 6.61 Å². The third kappa shape index (κ3) is 2.68. The molecule has 10 atom stereocenters. The van der Waals surface area contributed by atoms with Crippen LogP contribution in [0.15, 0.2) is 0 Å². The molecule has 10 heteroatoms. The maximum absolute atomic E-state index is 10.2. The predicted octanol–water partition coefficient (Wildman–Crippen LogP) is -3.35. The molecule has 0 aliphatic carbocycles. The summed E-state index contributed by atoms with van der Waals surface area (Å²) in [4.78, 5) is 0. The van der Waals surface area contributed by atoms with Crippen molar-refractivity contribution >= 4 is 0 Å². The van der Waals surface area contributed by atoms with Crippen LogP contribution in [0.5, 0.6) is 0 Å². The van der Waals surface area contributed by atoms with E-state index in [0.29, 0.717) is 0 Å². The standard InChI is InChI=1S/C13H22O10/c1-4-6(14)8(16)11(18)13(22-4)20-3-5-10(23-13)7(15)9(17)12(19-2)21-5/h4-12,14-18H,3H2,1-2H3/t4-,5+,6-,7-,8+,9+,10-,11+,12-,13-/m0/s1. The Balaban J connectivity index is 1.81. The molecule has 10 nitrogen and oxygen atoms in total. The van der Waals surface area contributed by atoms with Gasteiger partial charge in [0.05, 0.1) is 12.7 Å². The number of methoxy groups -OCH3 is 1. The van der Waals surface area contributed by atoms with Gasteiger partial charge in [-0.2, -0.15) is 0 Å². The van der Waals surface area contributed by atoms with Crippen molar-refractivity contribution in [3.05, 3.63) is 0 Å². The molecule has 3 fully saturated rings. The van der Waals surface area contributed by atoms with Gasteiger partial charge in [-0.3, -0.25) is 0 Å². The molecule has 0 bridgehead atoms. The van der Waals surface area contributed by atoms with Crippen LogP contribution in [-0.4, -0.2) is 100 Å². The molecule has 3 saturated heterocycles. The number of aliphatic hydroxyl groups excluding tert-OH is 5. The minimum Gasteiger partial charge on any atom is -0.388 e. The molecule has 0 radical (unpaired) electrons. The average molecular weight is 338 g/mol. The fourth-order valence-electron chi connectivity index (χ4n) is 3.09. The quantitative estimate of drug-likeness (QED) is 0.328. The van der Waals surface area contributed by atoms with Crippen LogP contribution in [0, 0.1) is 0 Å². The molecule has 3 aliphatic rings. The fraction of sp³-hybridized carbons (Fsp3) is 1.00. The number of ether oxygens (including phenoxy) is 5. The smallest absolute Gasteiger partial charge is 0.314 e. The topological polar surface area (TPSA) is 147 Å². The van der Waals surface area contributed by atoms with Gasteiger partial charge >= 0.3 is 5.97 Å². The highest BCUT2D eigenvalue weighted by Crippen LogP contribution is 2.40. The van der Waals surface area contributed by atoms with Gasteiger partial charge in [0.2, 0.25) is 0 Å². The van der Waals surface area contributed by atoms with E-state index in [0.717, 1.165) is 0 Å². The van der Waals surface area contributed by atoms with Crippen LogP contribution in [0.25, 0.3) is 0 Å². The molecular weight excluding hydrogens is 316 g/mol. The Bertz CT molecular complexity index is 433. The minimum absolute atomic E-state index is 0.138. The van der Waals surface area contributed by atoms with Gasteiger partial charge in [-0.25, -0.2) is 0 Å². The summed E-state index contributed by atoms with van der Waals surface area (Å²) in [5.74, 6) is -2.07. The second-order valence-corrected chi connectivity index (χ2v) is 6.01. The molecule has 0 unspecified atom stereocenters. The Morgan fingerprint density at radius 2 is 1.65 bits per heavy atom. The molecule has 0 amide bonds. The molecule has 0 aromatic carbocycles. The molecule has 0 aromatic rings. The van der Waals surface area contributed by atoms with E-state index >= 15 is 0 Å². The predicted molar refractivity (Wildman–Crippen MR) is 69.8 cm³/mol. The lowest BCUT2D eigenvalue weighted by atomic mass is 9.94. The van der Waals surface area contributed by atoms with Gasteiger partial charge in [-0.1, -0.05) is 0 Å². The van der Waals surface area contributed by atoms with Crippen molar-refractivity contribution in [3.8, 4) is 0 Å². The molecule has 5 N–H and O–H groups in total. The minimum atomic E-state index is -2.07. The van der Waals surface area contributed by atoms with Gasteiger partial charge in [0, 0.05) is 7.11 Å². The van der Waals surface area contributed by atoms with Gasteiger partial charge in [0.1, 0.15) is 36.6 Å². The summed E-state index contributed by atoms with van der Waals surface area (Å²) in [7, 11) is 1.32. The number of rotatable bonds is 1. The fourth-order valence-corrected chi connectivity index (χ4v) is 3.09. The lowest BCUT2D eigenvalue weighted by Crippen LogP contribution is -2.73. The summed E-state index contributed by atoms with van der Waals surface area (Å²) in [6, 6.07) is 0. The van der Waals surface area contributed by atoms with Crippen molar-refractivity contribution in [2.45, 2.75) is 68.0 Å². The van der Waals surface area contributed by atoms with Gasteiger partial charge in [0.25, 0.3) is 0 Å². The number of aliphatic hydroxyl groups is 5. The SMILES string of the molecule is CO[C@H]1O[C@@H]2CO[C@]3(O[C@@H]2[C@@H](O)[C@H]1O)O[C@@H](C)[C@H](O)[C@@H](O)[C@H]3O. The molecule has 3 rings (SSSR count). The Kier molecular flexibility index (Phi) is 4.66. The molecule has 0 aromatic heterocycles. The zero-order valence-electron chi connectivity index (χ0n) is 12.7. The monoisotopic (exact) mass is 338 g/mol. The van der Waals surface area contributed by atoms with Crippen molar-refractivity contribution in [3.63, 3.8) is 0 Å². The largest absolute Gasteiger partial charge is 0.388 e. The summed E-state index contributed by atoms with van der Waals surface area (Å²) < 4.78 is 26.7. The van der Waals surface area contributed by atoms with E-state index in [1.807, 2.05) is 0 Å². The van der Waals surface area contributed by atoms with E-state index in [1.54, 1.807) is 0 Å². The van der Waals surface area contributed by atoms with Gasteiger partial charge < -0.3 is 49.2 Å². The first-order chi connectivity index (χ1) is 10.8. The van der Waals surface area contributed by atoms with Gasteiger partial charge in [0.15, 0.2) is 12.4 Å². The normalized spacial score (nSPS) is 57.3. The summed E-state index contributed by atoms with van der Waals surface area (Å²) in [5, 5.41) is 50.0. The van der Waals surface area contributed by atoms with E-state index in [4.69, 9.17) is 23.7 Å². The van der Waals surface area contributed by atoms with Gasteiger partial charge in [-0.15, -0.1) is 0 Å². The Morgan fingerprint density at radius 3 is 2.30 bits per heavy atom. The van der Waals surface area contributed by atoms with Crippen molar-refractivity contribution in [1.29, 1.82) is 0 Å². The van der Waals surface area contributed by atoms with Crippen LogP contribution in [0.2, 0.25) is 0 Å². The number of hydrogen-bond donors (Lipinski definition) is 5. The lowest BCUT2D eigenvalue weighted by Gasteiger charge is -2.54. The first-order valence-corrected chi connectivity index (χ1v) is 7.39. The molecule has 134 valence electrons. The highest BCUT2D eigenvalue weighted by molar-refractivity contribution is 4.98. The summed E-state index contributed by atoms with van der Waals surface area (Å²) in [6.07, 6.45) is -11.1. The summed E-state index contributed by atoms with van der Waals surface area (Å²) in [5.41, 5.74) is 0.